The largest absolute Gasteiger partial charge is 0.497 e. The van der Waals surface area contributed by atoms with E-state index in [1.54, 1.807) is 20.4 Å². The summed E-state index contributed by atoms with van der Waals surface area (Å²) < 4.78 is 12.7. The van der Waals surface area contributed by atoms with Crippen LogP contribution in [0.4, 0.5) is 5.82 Å². The second-order valence-electron chi connectivity index (χ2n) is 5.97. The number of rotatable bonds is 5. The SMILES string of the molecule is COc1ccc2c(c1)c1ncnc(NN=Cc3ccccc3OC)c1n2C. The number of hydrazone groups is 1. The van der Waals surface area contributed by atoms with Crippen molar-refractivity contribution in [2.75, 3.05) is 19.6 Å². The van der Waals surface area contributed by atoms with Gasteiger partial charge < -0.3 is 14.0 Å². The first kappa shape index (κ1) is 16.8. The molecule has 0 aliphatic heterocycles. The molecule has 0 atom stereocenters. The molecule has 0 aliphatic rings. The highest BCUT2D eigenvalue weighted by atomic mass is 16.5. The van der Waals surface area contributed by atoms with Crippen LogP contribution < -0.4 is 14.9 Å². The van der Waals surface area contributed by atoms with E-state index in [2.05, 4.69) is 20.5 Å². The predicted octanol–water partition coefficient (Wildman–Crippen LogP) is 3.58. The number of para-hydroxylation sites is 1. The van der Waals surface area contributed by atoms with Gasteiger partial charge in [-0.3, -0.25) is 5.43 Å². The molecule has 0 saturated heterocycles. The van der Waals surface area contributed by atoms with Crippen LogP contribution in [-0.2, 0) is 7.05 Å². The Morgan fingerprint density at radius 2 is 1.93 bits per heavy atom. The van der Waals surface area contributed by atoms with Crippen molar-refractivity contribution in [2.45, 2.75) is 0 Å². The lowest BCUT2D eigenvalue weighted by Gasteiger charge is -2.05. The molecular formula is C20H19N5O2. The zero-order valence-electron chi connectivity index (χ0n) is 15.3. The molecule has 0 spiro atoms. The Hall–Kier alpha value is -3.61. The van der Waals surface area contributed by atoms with E-state index >= 15 is 0 Å². The quantitative estimate of drug-likeness (QED) is 0.434. The molecular weight excluding hydrogens is 342 g/mol. The van der Waals surface area contributed by atoms with Gasteiger partial charge in [0.25, 0.3) is 0 Å². The second kappa shape index (κ2) is 6.95. The molecule has 0 saturated carbocycles. The van der Waals surface area contributed by atoms with Gasteiger partial charge in [-0.05, 0) is 30.3 Å². The second-order valence-corrected chi connectivity index (χ2v) is 5.97. The van der Waals surface area contributed by atoms with Crippen molar-refractivity contribution < 1.29 is 9.47 Å². The van der Waals surface area contributed by atoms with Crippen molar-refractivity contribution >= 4 is 34.0 Å². The number of aryl methyl sites for hydroxylation is 1. The Labute approximate surface area is 156 Å². The van der Waals surface area contributed by atoms with Crippen LogP contribution in [0.25, 0.3) is 21.9 Å². The minimum absolute atomic E-state index is 0.629. The number of anilines is 1. The average Bonchev–Trinajstić information content (AvgIpc) is 3.01. The smallest absolute Gasteiger partial charge is 0.174 e. The number of benzene rings is 2. The van der Waals surface area contributed by atoms with E-state index in [0.29, 0.717) is 5.82 Å². The van der Waals surface area contributed by atoms with Gasteiger partial charge in [0, 0.05) is 18.0 Å². The lowest BCUT2D eigenvalue weighted by Crippen LogP contribution is -1.99. The molecule has 0 bridgehead atoms. The lowest BCUT2D eigenvalue weighted by molar-refractivity contribution is 0.414. The molecule has 4 aromatic rings. The van der Waals surface area contributed by atoms with Gasteiger partial charge in [-0.25, -0.2) is 9.97 Å². The molecule has 2 aromatic heterocycles. The monoisotopic (exact) mass is 361 g/mol. The summed E-state index contributed by atoms with van der Waals surface area (Å²) in [6.45, 7) is 0. The third kappa shape index (κ3) is 2.93. The Morgan fingerprint density at radius 3 is 2.74 bits per heavy atom. The molecule has 2 aromatic carbocycles. The topological polar surface area (TPSA) is 73.6 Å². The lowest BCUT2D eigenvalue weighted by atomic mass is 10.2. The van der Waals surface area contributed by atoms with Crippen molar-refractivity contribution in [3.63, 3.8) is 0 Å². The summed E-state index contributed by atoms with van der Waals surface area (Å²) in [6.07, 6.45) is 3.24. The summed E-state index contributed by atoms with van der Waals surface area (Å²) >= 11 is 0. The van der Waals surface area contributed by atoms with E-state index in [4.69, 9.17) is 9.47 Å². The molecule has 136 valence electrons. The van der Waals surface area contributed by atoms with Gasteiger partial charge in [0.15, 0.2) is 5.82 Å². The maximum absolute atomic E-state index is 5.34. The molecule has 27 heavy (non-hydrogen) atoms. The first-order valence-electron chi connectivity index (χ1n) is 8.42. The van der Waals surface area contributed by atoms with E-state index < -0.39 is 0 Å². The number of fused-ring (bicyclic) bond motifs is 3. The maximum atomic E-state index is 5.34. The van der Waals surface area contributed by atoms with Gasteiger partial charge in [0.1, 0.15) is 28.9 Å². The predicted molar refractivity (Wildman–Crippen MR) is 107 cm³/mol. The van der Waals surface area contributed by atoms with Crippen molar-refractivity contribution in [3.05, 3.63) is 54.4 Å². The van der Waals surface area contributed by atoms with Crippen LogP contribution >= 0.6 is 0 Å². The summed E-state index contributed by atoms with van der Waals surface area (Å²) in [5.74, 6) is 2.17. The molecule has 0 unspecified atom stereocenters. The van der Waals surface area contributed by atoms with E-state index in [0.717, 1.165) is 39.0 Å². The molecule has 0 radical (unpaired) electrons. The summed E-state index contributed by atoms with van der Waals surface area (Å²) in [4.78, 5) is 8.82. The van der Waals surface area contributed by atoms with Gasteiger partial charge in [-0.15, -0.1) is 0 Å². The fourth-order valence-electron chi connectivity index (χ4n) is 3.16. The molecule has 0 amide bonds. The van der Waals surface area contributed by atoms with Crippen LogP contribution in [0, 0.1) is 0 Å². The molecule has 2 heterocycles. The number of hydrogen-bond acceptors (Lipinski definition) is 6. The van der Waals surface area contributed by atoms with Crippen LogP contribution in [-0.4, -0.2) is 35.0 Å². The average molecular weight is 361 g/mol. The molecule has 7 heteroatoms. The Morgan fingerprint density at radius 1 is 1.07 bits per heavy atom. The van der Waals surface area contributed by atoms with Crippen LogP contribution in [0.2, 0.25) is 0 Å². The number of methoxy groups -OCH3 is 2. The third-order valence-electron chi connectivity index (χ3n) is 4.49. The molecule has 0 fully saturated rings. The summed E-state index contributed by atoms with van der Waals surface area (Å²) in [6, 6.07) is 13.6. The van der Waals surface area contributed by atoms with Crippen LogP contribution in [0.15, 0.2) is 53.9 Å². The number of nitrogens with one attached hydrogen (secondary N) is 1. The van der Waals surface area contributed by atoms with E-state index in [1.807, 2.05) is 54.1 Å². The summed E-state index contributed by atoms with van der Waals surface area (Å²) in [5.41, 5.74) is 6.66. The van der Waals surface area contributed by atoms with E-state index in [9.17, 15) is 0 Å². The number of hydrogen-bond donors (Lipinski definition) is 1. The fraction of sp³-hybridized carbons (Fsp3) is 0.150. The van der Waals surface area contributed by atoms with Gasteiger partial charge >= 0.3 is 0 Å². The van der Waals surface area contributed by atoms with Crippen molar-refractivity contribution in [1.29, 1.82) is 0 Å². The highest BCUT2D eigenvalue weighted by Gasteiger charge is 2.14. The molecule has 4 rings (SSSR count). The molecule has 1 N–H and O–H groups in total. The first-order valence-corrected chi connectivity index (χ1v) is 8.42. The van der Waals surface area contributed by atoms with Gasteiger partial charge in [0.05, 0.1) is 26.0 Å². The molecule has 7 nitrogen and oxygen atoms in total. The zero-order chi connectivity index (χ0) is 18.8. The number of nitrogens with zero attached hydrogens (tertiary/aromatic N) is 4. The maximum Gasteiger partial charge on any atom is 0.174 e. The van der Waals surface area contributed by atoms with Crippen molar-refractivity contribution in [2.24, 2.45) is 12.1 Å². The van der Waals surface area contributed by atoms with Crippen LogP contribution in [0.5, 0.6) is 11.5 Å². The fourth-order valence-corrected chi connectivity index (χ4v) is 3.16. The van der Waals surface area contributed by atoms with Gasteiger partial charge in [-0.1, -0.05) is 12.1 Å². The standard InChI is InChI=1S/C20H19N5O2/c1-25-16-9-8-14(26-2)10-15(16)18-19(25)20(22-12-21-18)24-23-11-13-6-4-5-7-17(13)27-3/h4-12H,1-3H3,(H,21,22,24). The highest BCUT2D eigenvalue weighted by Crippen LogP contribution is 2.32. The van der Waals surface area contributed by atoms with Gasteiger partial charge in [0.2, 0.25) is 0 Å². The Kier molecular flexibility index (Phi) is 4.33. The first-order chi connectivity index (χ1) is 13.2. The molecule has 0 aliphatic carbocycles. The van der Waals surface area contributed by atoms with Gasteiger partial charge in [-0.2, -0.15) is 5.10 Å². The van der Waals surface area contributed by atoms with Crippen LogP contribution in [0.1, 0.15) is 5.56 Å². The highest BCUT2D eigenvalue weighted by molar-refractivity contribution is 6.09. The van der Waals surface area contributed by atoms with E-state index in [1.165, 1.54) is 6.33 Å². The van der Waals surface area contributed by atoms with E-state index in [-0.39, 0.29) is 0 Å². The van der Waals surface area contributed by atoms with Crippen molar-refractivity contribution in [1.82, 2.24) is 14.5 Å². The minimum atomic E-state index is 0.629. The minimum Gasteiger partial charge on any atom is -0.497 e. The van der Waals surface area contributed by atoms with Crippen molar-refractivity contribution in [3.8, 4) is 11.5 Å². The Balaban J connectivity index is 1.75. The number of ether oxygens (including phenoxy) is 2. The summed E-state index contributed by atoms with van der Waals surface area (Å²) in [7, 11) is 5.27. The normalized spacial score (nSPS) is 11.4. The third-order valence-corrected chi connectivity index (χ3v) is 4.49. The zero-order valence-corrected chi connectivity index (χ0v) is 15.3. The van der Waals surface area contributed by atoms with Crippen LogP contribution in [0.3, 0.4) is 0 Å². The summed E-state index contributed by atoms with van der Waals surface area (Å²) in [5, 5.41) is 5.34. The Bertz CT molecular complexity index is 1150. The number of aromatic nitrogens is 3.